The fourth-order valence-electron chi connectivity index (χ4n) is 1.30. The van der Waals surface area contributed by atoms with E-state index in [0.29, 0.717) is 19.3 Å². The molecule has 0 aliphatic carbocycles. The van der Waals surface area contributed by atoms with Gasteiger partial charge < -0.3 is 5.73 Å². The van der Waals surface area contributed by atoms with Crippen LogP contribution in [0.2, 0.25) is 0 Å². The van der Waals surface area contributed by atoms with E-state index in [9.17, 15) is 4.79 Å². The minimum atomic E-state index is 0.227. The fourth-order valence-corrected chi connectivity index (χ4v) is 1.30. The standard InChI is InChI=1S/C13H15NO/c1-2-3-4-13(15)10-7-11-5-8-12(14)9-6-11/h1,5-6,8-9H,3-4,7,10,14H2. The van der Waals surface area contributed by atoms with Crippen LogP contribution in [0.25, 0.3) is 0 Å². The summed E-state index contributed by atoms with van der Waals surface area (Å²) in [6, 6.07) is 7.59. The van der Waals surface area contributed by atoms with Crippen LogP contribution < -0.4 is 5.73 Å². The van der Waals surface area contributed by atoms with E-state index in [2.05, 4.69) is 5.92 Å². The summed E-state index contributed by atoms with van der Waals surface area (Å²) in [5.41, 5.74) is 7.44. The van der Waals surface area contributed by atoms with Crippen molar-refractivity contribution in [3.8, 4) is 12.3 Å². The molecule has 0 heterocycles. The Hall–Kier alpha value is -1.75. The number of Topliss-reactive ketones (excluding diaryl/α,β-unsaturated/α-hetero) is 1. The van der Waals surface area contributed by atoms with E-state index >= 15 is 0 Å². The second kappa shape index (κ2) is 5.87. The number of anilines is 1. The SMILES string of the molecule is C#CCCC(=O)CCc1ccc(N)cc1. The van der Waals surface area contributed by atoms with E-state index in [1.807, 2.05) is 24.3 Å². The van der Waals surface area contributed by atoms with Gasteiger partial charge in [-0.3, -0.25) is 4.79 Å². The average molecular weight is 201 g/mol. The Bertz CT molecular complexity index is 359. The van der Waals surface area contributed by atoms with Gasteiger partial charge in [0.25, 0.3) is 0 Å². The van der Waals surface area contributed by atoms with Crippen LogP contribution in [-0.2, 0) is 11.2 Å². The van der Waals surface area contributed by atoms with Crippen molar-refractivity contribution < 1.29 is 4.79 Å². The third-order valence-corrected chi connectivity index (χ3v) is 2.22. The monoisotopic (exact) mass is 201 g/mol. The number of benzene rings is 1. The van der Waals surface area contributed by atoms with Gasteiger partial charge in [0.05, 0.1) is 0 Å². The molecule has 0 saturated carbocycles. The summed E-state index contributed by atoms with van der Waals surface area (Å²) in [5.74, 6) is 2.69. The zero-order chi connectivity index (χ0) is 11.1. The van der Waals surface area contributed by atoms with E-state index in [1.54, 1.807) is 0 Å². The van der Waals surface area contributed by atoms with Crippen molar-refractivity contribution in [1.29, 1.82) is 0 Å². The first-order valence-corrected chi connectivity index (χ1v) is 5.02. The van der Waals surface area contributed by atoms with Crippen LogP contribution in [-0.4, -0.2) is 5.78 Å². The number of terminal acetylenes is 1. The van der Waals surface area contributed by atoms with Crippen LogP contribution >= 0.6 is 0 Å². The molecule has 0 unspecified atom stereocenters. The second-order valence-corrected chi connectivity index (χ2v) is 3.48. The molecule has 0 saturated heterocycles. The highest BCUT2D eigenvalue weighted by Gasteiger charge is 2.01. The van der Waals surface area contributed by atoms with Gasteiger partial charge in [-0.25, -0.2) is 0 Å². The van der Waals surface area contributed by atoms with Gasteiger partial charge in [0.2, 0.25) is 0 Å². The van der Waals surface area contributed by atoms with Crippen molar-refractivity contribution in [2.75, 3.05) is 5.73 Å². The molecule has 78 valence electrons. The molecule has 15 heavy (non-hydrogen) atoms. The third kappa shape index (κ3) is 4.33. The molecule has 1 aromatic carbocycles. The van der Waals surface area contributed by atoms with Crippen LogP contribution in [0.4, 0.5) is 5.69 Å². The van der Waals surface area contributed by atoms with Crippen molar-refractivity contribution in [1.82, 2.24) is 0 Å². The predicted octanol–water partition coefficient (Wildman–Crippen LogP) is 2.18. The lowest BCUT2D eigenvalue weighted by Crippen LogP contribution is -1.99. The zero-order valence-electron chi connectivity index (χ0n) is 8.70. The number of rotatable bonds is 5. The quantitative estimate of drug-likeness (QED) is 0.586. The van der Waals surface area contributed by atoms with E-state index in [1.165, 1.54) is 0 Å². The first kappa shape index (κ1) is 11.3. The normalized spacial score (nSPS) is 9.53. The first-order chi connectivity index (χ1) is 7.22. The Labute approximate surface area is 90.5 Å². The van der Waals surface area contributed by atoms with Crippen LogP contribution in [0.15, 0.2) is 24.3 Å². The molecule has 0 aromatic heterocycles. The van der Waals surface area contributed by atoms with Crippen molar-refractivity contribution in [2.45, 2.75) is 25.7 Å². The third-order valence-electron chi connectivity index (χ3n) is 2.22. The number of nitrogens with two attached hydrogens (primary N) is 1. The number of carbonyl (C=O) groups excluding carboxylic acids is 1. The van der Waals surface area contributed by atoms with Gasteiger partial charge in [0, 0.05) is 24.9 Å². The Kier molecular flexibility index (Phi) is 4.43. The van der Waals surface area contributed by atoms with Gasteiger partial charge in [0.1, 0.15) is 5.78 Å². The molecule has 0 amide bonds. The molecule has 1 aromatic rings. The van der Waals surface area contributed by atoms with Gasteiger partial charge in [-0.1, -0.05) is 12.1 Å². The lowest BCUT2D eigenvalue weighted by Gasteiger charge is -2.00. The molecule has 0 bridgehead atoms. The lowest BCUT2D eigenvalue weighted by molar-refractivity contribution is -0.118. The molecule has 0 radical (unpaired) electrons. The number of hydrogen-bond donors (Lipinski definition) is 1. The molecule has 2 heteroatoms. The molecule has 0 atom stereocenters. The van der Waals surface area contributed by atoms with Gasteiger partial charge >= 0.3 is 0 Å². The summed E-state index contributed by atoms with van der Waals surface area (Å²) in [4.78, 5) is 11.3. The number of nitrogen functional groups attached to an aromatic ring is 1. The number of carbonyl (C=O) groups is 1. The molecule has 0 spiro atoms. The highest BCUT2D eigenvalue weighted by atomic mass is 16.1. The maximum atomic E-state index is 11.3. The maximum Gasteiger partial charge on any atom is 0.134 e. The molecular weight excluding hydrogens is 186 g/mol. The second-order valence-electron chi connectivity index (χ2n) is 3.48. The number of aryl methyl sites for hydroxylation is 1. The van der Waals surface area contributed by atoms with Crippen LogP contribution in [0.5, 0.6) is 0 Å². The molecule has 2 nitrogen and oxygen atoms in total. The first-order valence-electron chi connectivity index (χ1n) is 5.02. The van der Waals surface area contributed by atoms with Crippen molar-refractivity contribution >= 4 is 11.5 Å². The van der Waals surface area contributed by atoms with Crippen LogP contribution in [0.3, 0.4) is 0 Å². The minimum absolute atomic E-state index is 0.227. The highest BCUT2D eigenvalue weighted by molar-refractivity contribution is 5.78. The van der Waals surface area contributed by atoms with Crippen molar-refractivity contribution in [2.24, 2.45) is 0 Å². The Balaban J connectivity index is 2.34. The summed E-state index contributed by atoms with van der Waals surface area (Å²) in [5, 5.41) is 0. The van der Waals surface area contributed by atoms with E-state index in [-0.39, 0.29) is 5.78 Å². The van der Waals surface area contributed by atoms with E-state index in [4.69, 9.17) is 12.2 Å². The highest BCUT2D eigenvalue weighted by Crippen LogP contribution is 2.08. The summed E-state index contributed by atoms with van der Waals surface area (Å²) in [7, 11) is 0. The Morgan fingerprint density at radius 1 is 1.27 bits per heavy atom. The summed E-state index contributed by atoms with van der Waals surface area (Å²) in [6.07, 6.45) is 7.45. The lowest BCUT2D eigenvalue weighted by atomic mass is 10.1. The fraction of sp³-hybridized carbons (Fsp3) is 0.308. The molecule has 0 fully saturated rings. The molecular formula is C13H15NO. The van der Waals surface area contributed by atoms with Crippen molar-refractivity contribution in [3.05, 3.63) is 29.8 Å². The van der Waals surface area contributed by atoms with E-state index < -0.39 is 0 Å². The topological polar surface area (TPSA) is 43.1 Å². The van der Waals surface area contributed by atoms with Crippen LogP contribution in [0.1, 0.15) is 24.8 Å². The van der Waals surface area contributed by atoms with Crippen LogP contribution in [0, 0.1) is 12.3 Å². The van der Waals surface area contributed by atoms with Gasteiger partial charge in [-0.15, -0.1) is 12.3 Å². The Morgan fingerprint density at radius 2 is 1.93 bits per heavy atom. The summed E-state index contributed by atoms with van der Waals surface area (Å²) < 4.78 is 0. The number of hydrogen-bond acceptors (Lipinski definition) is 2. The van der Waals surface area contributed by atoms with Crippen molar-refractivity contribution in [3.63, 3.8) is 0 Å². The molecule has 0 aliphatic heterocycles. The van der Waals surface area contributed by atoms with Gasteiger partial charge in [0.15, 0.2) is 0 Å². The minimum Gasteiger partial charge on any atom is -0.399 e. The molecule has 0 aliphatic rings. The largest absolute Gasteiger partial charge is 0.399 e. The van der Waals surface area contributed by atoms with Gasteiger partial charge in [-0.2, -0.15) is 0 Å². The average Bonchev–Trinajstić information content (AvgIpc) is 2.25. The molecule has 2 N–H and O–H groups in total. The molecule has 1 rings (SSSR count). The summed E-state index contributed by atoms with van der Waals surface area (Å²) >= 11 is 0. The predicted molar refractivity (Wildman–Crippen MR) is 62.2 cm³/mol. The maximum absolute atomic E-state index is 11.3. The van der Waals surface area contributed by atoms with Gasteiger partial charge in [-0.05, 0) is 24.1 Å². The number of ketones is 1. The smallest absolute Gasteiger partial charge is 0.134 e. The zero-order valence-corrected chi connectivity index (χ0v) is 8.70. The summed E-state index contributed by atoms with van der Waals surface area (Å²) in [6.45, 7) is 0. The Morgan fingerprint density at radius 3 is 2.53 bits per heavy atom. The van der Waals surface area contributed by atoms with E-state index in [0.717, 1.165) is 17.7 Å².